The molecule has 0 spiro atoms. The number of aromatic nitrogens is 1. The fraction of sp³-hybridized carbons (Fsp3) is 0.0556. The number of oxime groups is 1. The Morgan fingerprint density at radius 1 is 1.25 bits per heavy atom. The molecule has 142 valence electrons. The number of nitrogens with two attached hydrogens (primary N) is 1. The van der Waals surface area contributed by atoms with E-state index in [4.69, 9.17) is 10.9 Å². The van der Waals surface area contributed by atoms with Gasteiger partial charge in [0.25, 0.3) is 11.6 Å². The number of fused-ring (bicyclic) bond motifs is 1. The first-order valence-electron chi connectivity index (χ1n) is 7.86. The molecule has 1 amide bonds. The molecule has 28 heavy (non-hydrogen) atoms. The molecule has 0 saturated carbocycles. The second-order valence-corrected chi connectivity index (χ2v) is 5.20. The van der Waals surface area contributed by atoms with E-state index >= 15 is 0 Å². The first kappa shape index (κ1) is 22.8. The summed E-state index contributed by atoms with van der Waals surface area (Å²) >= 11 is 0. The first-order valence-corrected chi connectivity index (χ1v) is 7.86. The number of anilines is 1. The van der Waals surface area contributed by atoms with Crippen molar-refractivity contribution in [3.05, 3.63) is 76.8 Å². The number of nitro groups is 1. The number of amides is 1. The molecular formula is C18H18N5O4Zn-. The van der Waals surface area contributed by atoms with E-state index in [9.17, 15) is 14.9 Å². The van der Waals surface area contributed by atoms with Crippen LogP contribution in [0.5, 0.6) is 0 Å². The van der Waals surface area contributed by atoms with Gasteiger partial charge in [-0.25, -0.2) is 0 Å². The van der Waals surface area contributed by atoms with Crippen molar-refractivity contribution >= 4 is 34.0 Å². The predicted molar refractivity (Wildman–Crippen MR) is 103 cm³/mol. The maximum atomic E-state index is 12.3. The van der Waals surface area contributed by atoms with Crippen LogP contribution in [0, 0.1) is 17.0 Å². The van der Waals surface area contributed by atoms with E-state index in [1.54, 1.807) is 49.4 Å². The molecule has 0 bridgehead atoms. The molecule has 10 heteroatoms. The number of nitrogens with one attached hydrogen (secondary N) is 2. The van der Waals surface area contributed by atoms with Crippen LogP contribution in [0.2, 0.25) is 0 Å². The number of hydrogen-bond donors (Lipinski definition) is 4. The van der Waals surface area contributed by atoms with E-state index in [1.807, 2.05) is 0 Å². The third-order valence-corrected chi connectivity index (χ3v) is 3.62. The molecule has 0 aliphatic rings. The molecule has 0 saturated heterocycles. The summed E-state index contributed by atoms with van der Waals surface area (Å²) in [6, 6.07) is 12.5. The van der Waals surface area contributed by atoms with E-state index < -0.39 is 10.8 Å². The van der Waals surface area contributed by atoms with E-state index in [2.05, 4.69) is 22.4 Å². The molecule has 0 aliphatic heterocycles. The van der Waals surface area contributed by atoms with Crippen molar-refractivity contribution in [1.82, 2.24) is 4.98 Å². The van der Waals surface area contributed by atoms with Crippen molar-refractivity contribution in [1.29, 1.82) is 0 Å². The van der Waals surface area contributed by atoms with Gasteiger partial charge in [-0.15, -0.1) is 0 Å². The van der Waals surface area contributed by atoms with Crippen LogP contribution in [0.25, 0.3) is 10.9 Å². The average molecular weight is 434 g/mol. The number of carbonyl (C=O) groups is 1. The number of H-pyrrole nitrogens is 1. The van der Waals surface area contributed by atoms with Crippen molar-refractivity contribution in [3.63, 3.8) is 0 Å². The van der Waals surface area contributed by atoms with Gasteiger partial charge in [-0.1, -0.05) is 17.3 Å². The van der Waals surface area contributed by atoms with Gasteiger partial charge in [0.15, 0.2) is 5.84 Å². The predicted octanol–water partition coefficient (Wildman–Crippen LogP) is 3.26. The summed E-state index contributed by atoms with van der Waals surface area (Å²) in [5.74, 6) is -0.483. The summed E-state index contributed by atoms with van der Waals surface area (Å²) in [5, 5.41) is 25.8. The van der Waals surface area contributed by atoms with Gasteiger partial charge in [-0.05, 0) is 30.3 Å². The Labute approximate surface area is 173 Å². The molecule has 9 nitrogen and oxygen atoms in total. The minimum Gasteiger partial charge on any atom is -0.409 e. The number of para-hydroxylation sites is 1. The maximum absolute atomic E-state index is 12.3. The van der Waals surface area contributed by atoms with Crippen LogP contribution < -0.4 is 11.1 Å². The Morgan fingerprint density at radius 2 is 1.89 bits per heavy atom. The minimum atomic E-state index is -0.508. The zero-order valence-electron chi connectivity index (χ0n) is 15.2. The van der Waals surface area contributed by atoms with Crippen molar-refractivity contribution in [3.8, 4) is 0 Å². The number of hydrogen-bond acceptors (Lipinski definition) is 5. The summed E-state index contributed by atoms with van der Waals surface area (Å²) in [4.78, 5) is 25.7. The second-order valence-electron chi connectivity index (χ2n) is 5.20. The first-order chi connectivity index (χ1) is 13.0. The van der Waals surface area contributed by atoms with E-state index in [0.717, 1.165) is 0 Å². The van der Waals surface area contributed by atoms with Crippen molar-refractivity contribution in [2.45, 2.75) is 6.92 Å². The van der Waals surface area contributed by atoms with Crippen LogP contribution in [-0.4, -0.2) is 26.9 Å². The van der Waals surface area contributed by atoms with Crippen molar-refractivity contribution < 1.29 is 34.4 Å². The Morgan fingerprint density at radius 3 is 2.46 bits per heavy atom. The number of aromatic amines is 1. The second kappa shape index (κ2) is 10.2. The Kier molecular flexibility index (Phi) is 8.28. The van der Waals surface area contributed by atoms with Gasteiger partial charge in [0.05, 0.1) is 4.92 Å². The van der Waals surface area contributed by atoms with Crippen LogP contribution >= 0.6 is 0 Å². The average Bonchev–Trinajstić information content (AvgIpc) is 3.13. The molecule has 0 fully saturated rings. The van der Waals surface area contributed by atoms with Gasteiger partial charge in [0.1, 0.15) is 11.2 Å². The number of benzene rings is 2. The minimum absolute atomic E-state index is 0. The Bertz CT molecular complexity index is 999. The number of non-ortho nitro benzene ring substituents is 1. The zero-order chi connectivity index (χ0) is 20.0. The van der Waals surface area contributed by atoms with Crippen LogP contribution in [0.3, 0.4) is 0 Å². The molecule has 0 aliphatic carbocycles. The third-order valence-electron chi connectivity index (χ3n) is 3.62. The molecule has 3 aromatic rings. The Hall–Kier alpha value is -3.26. The smallest absolute Gasteiger partial charge is 0.293 e. The van der Waals surface area contributed by atoms with Crippen LogP contribution in [0.1, 0.15) is 23.0 Å². The van der Waals surface area contributed by atoms with Crippen LogP contribution in [-0.2, 0) is 19.5 Å². The number of nitrogens with zero attached hydrogens (tertiary/aromatic N) is 2. The summed E-state index contributed by atoms with van der Waals surface area (Å²) < 4.78 is 0. The van der Waals surface area contributed by atoms with Gasteiger partial charge in [0, 0.05) is 42.2 Å². The van der Waals surface area contributed by atoms with Crippen molar-refractivity contribution in [2.24, 2.45) is 10.9 Å². The molecule has 0 atom stereocenters. The number of carbonyl (C=O) groups excluding carboxylic acids is 1. The third kappa shape index (κ3) is 4.92. The van der Waals surface area contributed by atoms with E-state index in [1.165, 1.54) is 6.07 Å². The largest absolute Gasteiger partial charge is 0.409 e. The number of rotatable bonds is 4. The number of amidine groups is 1. The molecule has 5 N–H and O–H groups in total. The standard InChI is InChI=1S/C16H13N5O4.C2H5.Zn/c17-15(20-23)9-4-6-11(7-5-9)18-16(22)12-8-10-2-1-3-13(21(24)25)14(10)19-12;1-2;/h1-8,19,23H,(H2,17,20)(H,18,22);1H2,2H3;/q;-1;. The monoisotopic (exact) mass is 432 g/mol. The SMILES string of the molecule is NC(=NO)c1ccc(NC(=O)c2cc3cccc([N+](=O)[O-])c3[nH]2)cc1.[CH2-]C.[Zn]. The molecule has 0 unspecified atom stereocenters. The quantitative estimate of drug-likeness (QED) is 0.0948. The molecule has 0 radical (unpaired) electrons. The van der Waals surface area contributed by atoms with E-state index in [0.29, 0.717) is 22.2 Å². The topological polar surface area (TPSA) is 147 Å². The summed E-state index contributed by atoms with van der Waals surface area (Å²) in [6.45, 7) is 5.00. The van der Waals surface area contributed by atoms with Gasteiger partial charge >= 0.3 is 0 Å². The number of nitro benzene ring substituents is 1. The summed E-state index contributed by atoms with van der Waals surface area (Å²) in [6.07, 6.45) is 0. The zero-order valence-corrected chi connectivity index (χ0v) is 18.1. The van der Waals surface area contributed by atoms with Gasteiger partial charge < -0.3 is 28.2 Å². The van der Waals surface area contributed by atoms with Crippen LogP contribution in [0.15, 0.2) is 53.7 Å². The fourth-order valence-electron chi connectivity index (χ4n) is 2.40. The van der Waals surface area contributed by atoms with Gasteiger partial charge in [-0.2, -0.15) is 6.92 Å². The fourth-order valence-corrected chi connectivity index (χ4v) is 2.40. The van der Waals surface area contributed by atoms with E-state index in [-0.39, 0.29) is 36.7 Å². The molecule has 1 aromatic heterocycles. The molecule has 3 rings (SSSR count). The van der Waals surface area contributed by atoms with Gasteiger partial charge in [0.2, 0.25) is 0 Å². The van der Waals surface area contributed by atoms with Gasteiger partial charge in [-0.3, -0.25) is 14.9 Å². The Balaban J connectivity index is 0.00000127. The molecule has 1 heterocycles. The molecule has 2 aromatic carbocycles. The van der Waals surface area contributed by atoms with Crippen LogP contribution in [0.4, 0.5) is 11.4 Å². The summed E-state index contributed by atoms with van der Waals surface area (Å²) in [5.41, 5.74) is 6.86. The normalized spacial score (nSPS) is 10.4. The van der Waals surface area contributed by atoms with Crippen molar-refractivity contribution in [2.75, 3.05) is 5.32 Å². The maximum Gasteiger partial charge on any atom is 0.293 e. The summed E-state index contributed by atoms with van der Waals surface area (Å²) in [7, 11) is 0. The molecular weight excluding hydrogens is 416 g/mol.